The molecule has 0 bridgehead atoms. The number of methoxy groups -OCH3 is 1. The van der Waals surface area contributed by atoms with Gasteiger partial charge in [-0.05, 0) is 25.8 Å². The van der Waals surface area contributed by atoms with Gasteiger partial charge in [-0.1, -0.05) is 19.3 Å². The van der Waals surface area contributed by atoms with Crippen LogP contribution in [0.2, 0.25) is 0 Å². The average Bonchev–Trinajstić information content (AvgIpc) is 2.64. The molecule has 20 heavy (non-hydrogen) atoms. The summed E-state index contributed by atoms with van der Waals surface area (Å²) in [4.78, 5) is 15.8. The number of esters is 1. The predicted molar refractivity (Wildman–Crippen MR) is 77.5 cm³/mol. The number of aliphatic hydroxyl groups is 1. The number of rotatable bonds is 4. The molecule has 0 amide bonds. The molecule has 2 fully saturated rings. The van der Waals surface area contributed by atoms with E-state index in [-0.39, 0.29) is 5.97 Å². The first kappa shape index (κ1) is 15.7. The van der Waals surface area contributed by atoms with Gasteiger partial charge in [0, 0.05) is 26.2 Å². The number of nitrogens with zero attached hydrogens (tertiary/aromatic N) is 2. The summed E-state index contributed by atoms with van der Waals surface area (Å²) < 4.78 is 4.72. The number of hydrogen-bond donors (Lipinski definition) is 1. The third-order valence-electron chi connectivity index (χ3n) is 4.56. The molecular formula is C15H28N2O3. The number of carbonyl (C=O) groups is 1. The van der Waals surface area contributed by atoms with Crippen LogP contribution < -0.4 is 0 Å². The van der Waals surface area contributed by atoms with Crippen LogP contribution in [-0.2, 0) is 9.53 Å². The van der Waals surface area contributed by atoms with Crippen LogP contribution >= 0.6 is 0 Å². The normalized spacial score (nSPS) is 25.1. The molecule has 0 atom stereocenters. The molecule has 1 N–H and O–H groups in total. The van der Waals surface area contributed by atoms with E-state index in [1.165, 1.54) is 13.5 Å². The highest BCUT2D eigenvalue weighted by Gasteiger charge is 2.31. The Morgan fingerprint density at radius 3 is 2.40 bits per heavy atom. The van der Waals surface area contributed by atoms with E-state index in [9.17, 15) is 9.90 Å². The summed E-state index contributed by atoms with van der Waals surface area (Å²) in [5.74, 6) is -0.163. The lowest BCUT2D eigenvalue weighted by Crippen LogP contribution is -2.45. The quantitative estimate of drug-likeness (QED) is 0.776. The zero-order chi connectivity index (χ0) is 14.4. The van der Waals surface area contributed by atoms with Gasteiger partial charge >= 0.3 is 5.97 Å². The second kappa shape index (κ2) is 7.38. The summed E-state index contributed by atoms with van der Waals surface area (Å²) in [6.07, 6.45) is 6.49. The lowest BCUT2D eigenvalue weighted by Gasteiger charge is -2.36. The molecule has 2 rings (SSSR count). The van der Waals surface area contributed by atoms with Crippen LogP contribution in [0.4, 0.5) is 0 Å². The first-order valence-electron chi connectivity index (χ1n) is 7.85. The van der Waals surface area contributed by atoms with Gasteiger partial charge in [0.15, 0.2) is 0 Å². The van der Waals surface area contributed by atoms with Crippen molar-refractivity contribution in [3.05, 3.63) is 0 Å². The van der Waals surface area contributed by atoms with Gasteiger partial charge in [-0.3, -0.25) is 14.6 Å². The van der Waals surface area contributed by atoms with Crippen molar-refractivity contribution in [1.29, 1.82) is 0 Å². The Kier molecular flexibility index (Phi) is 5.81. The minimum atomic E-state index is -0.476. The summed E-state index contributed by atoms with van der Waals surface area (Å²) in [5.41, 5.74) is -0.476. The molecule has 5 heteroatoms. The van der Waals surface area contributed by atoms with Crippen molar-refractivity contribution in [3.63, 3.8) is 0 Å². The van der Waals surface area contributed by atoms with Crippen molar-refractivity contribution < 1.29 is 14.6 Å². The smallest absolute Gasteiger partial charge is 0.319 e. The van der Waals surface area contributed by atoms with E-state index >= 15 is 0 Å². The van der Waals surface area contributed by atoms with Crippen LogP contribution in [-0.4, -0.2) is 72.9 Å². The number of β-amino-alcohol motifs (C(OH)–C–C–N with tert-alkyl or cyclic N) is 1. The van der Waals surface area contributed by atoms with Gasteiger partial charge in [-0.2, -0.15) is 0 Å². The standard InChI is InChI=1S/C15H28N2O3/c1-20-14(18)12-16-8-5-9-17(11-10-16)13-15(19)6-3-2-4-7-15/h19H,2-13H2,1H3. The largest absolute Gasteiger partial charge is 0.468 e. The zero-order valence-electron chi connectivity index (χ0n) is 12.6. The lowest BCUT2D eigenvalue weighted by molar-refractivity contribution is -0.141. The maximum Gasteiger partial charge on any atom is 0.319 e. The molecule has 0 aromatic heterocycles. The molecule has 1 saturated carbocycles. The summed E-state index contributed by atoms with van der Waals surface area (Å²) in [6, 6.07) is 0. The van der Waals surface area contributed by atoms with Gasteiger partial charge in [0.1, 0.15) is 0 Å². The Labute approximate surface area is 121 Å². The van der Waals surface area contributed by atoms with E-state index in [1.54, 1.807) is 0 Å². The van der Waals surface area contributed by atoms with Crippen LogP contribution in [0.5, 0.6) is 0 Å². The second-order valence-corrected chi connectivity index (χ2v) is 6.27. The van der Waals surface area contributed by atoms with E-state index in [1.807, 2.05) is 0 Å². The van der Waals surface area contributed by atoms with Crippen LogP contribution in [0.1, 0.15) is 38.5 Å². The van der Waals surface area contributed by atoms with Gasteiger partial charge in [-0.25, -0.2) is 0 Å². The predicted octanol–water partition coefficient (Wildman–Crippen LogP) is 0.862. The van der Waals surface area contributed by atoms with Gasteiger partial charge in [0.2, 0.25) is 0 Å². The topological polar surface area (TPSA) is 53.0 Å². The number of hydrogen-bond acceptors (Lipinski definition) is 5. The molecule has 0 radical (unpaired) electrons. The summed E-state index contributed by atoms with van der Waals surface area (Å²) in [7, 11) is 1.44. The van der Waals surface area contributed by atoms with Crippen molar-refractivity contribution >= 4 is 5.97 Å². The van der Waals surface area contributed by atoms with Gasteiger partial charge in [0.25, 0.3) is 0 Å². The molecule has 1 saturated heterocycles. The molecule has 1 heterocycles. The van der Waals surface area contributed by atoms with E-state index in [0.29, 0.717) is 6.54 Å². The second-order valence-electron chi connectivity index (χ2n) is 6.27. The molecule has 0 aromatic carbocycles. The van der Waals surface area contributed by atoms with Gasteiger partial charge < -0.3 is 9.84 Å². The van der Waals surface area contributed by atoms with Crippen LogP contribution in [0.15, 0.2) is 0 Å². The molecule has 5 nitrogen and oxygen atoms in total. The fourth-order valence-corrected chi connectivity index (χ4v) is 3.37. The van der Waals surface area contributed by atoms with Crippen LogP contribution in [0, 0.1) is 0 Å². The molecule has 2 aliphatic rings. The molecule has 0 aromatic rings. The van der Waals surface area contributed by atoms with Crippen molar-refractivity contribution in [2.75, 3.05) is 46.4 Å². The average molecular weight is 284 g/mol. The maximum atomic E-state index is 11.3. The van der Waals surface area contributed by atoms with Crippen molar-refractivity contribution in [2.45, 2.75) is 44.1 Å². The van der Waals surface area contributed by atoms with Crippen molar-refractivity contribution in [2.24, 2.45) is 0 Å². The summed E-state index contributed by atoms with van der Waals surface area (Å²) in [5, 5.41) is 10.6. The van der Waals surface area contributed by atoms with E-state index in [0.717, 1.165) is 64.8 Å². The van der Waals surface area contributed by atoms with E-state index < -0.39 is 5.60 Å². The molecule has 0 unspecified atom stereocenters. The Hall–Kier alpha value is -0.650. The molecule has 1 aliphatic heterocycles. The highest BCUT2D eigenvalue weighted by molar-refractivity contribution is 5.71. The van der Waals surface area contributed by atoms with Crippen molar-refractivity contribution in [1.82, 2.24) is 9.80 Å². The Balaban J connectivity index is 1.78. The van der Waals surface area contributed by atoms with Crippen molar-refractivity contribution in [3.8, 4) is 0 Å². The molecule has 1 aliphatic carbocycles. The molecule has 0 spiro atoms. The minimum absolute atomic E-state index is 0.163. The summed E-state index contributed by atoms with van der Waals surface area (Å²) in [6.45, 7) is 4.93. The van der Waals surface area contributed by atoms with Crippen LogP contribution in [0.25, 0.3) is 0 Å². The minimum Gasteiger partial charge on any atom is -0.468 e. The fourth-order valence-electron chi connectivity index (χ4n) is 3.37. The molecular weight excluding hydrogens is 256 g/mol. The fraction of sp³-hybridized carbons (Fsp3) is 0.933. The maximum absolute atomic E-state index is 11.3. The first-order valence-corrected chi connectivity index (χ1v) is 7.85. The van der Waals surface area contributed by atoms with Crippen LogP contribution in [0.3, 0.4) is 0 Å². The van der Waals surface area contributed by atoms with E-state index in [4.69, 9.17) is 4.74 Å². The number of carbonyl (C=O) groups excluding carboxylic acids is 1. The third-order valence-corrected chi connectivity index (χ3v) is 4.56. The Morgan fingerprint density at radius 1 is 1.05 bits per heavy atom. The van der Waals surface area contributed by atoms with Gasteiger partial charge in [0.05, 0.1) is 19.3 Å². The van der Waals surface area contributed by atoms with Gasteiger partial charge in [-0.15, -0.1) is 0 Å². The lowest BCUT2D eigenvalue weighted by atomic mass is 9.84. The highest BCUT2D eigenvalue weighted by Crippen LogP contribution is 2.29. The molecule has 116 valence electrons. The zero-order valence-corrected chi connectivity index (χ0v) is 12.6. The van der Waals surface area contributed by atoms with E-state index in [2.05, 4.69) is 9.80 Å². The highest BCUT2D eigenvalue weighted by atomic mass is 16.5. The monoisotopic (exact) mass is 284 g/mol. The number of ether oxygens (including phenoxy) is 1. The third kappa shape index (κ3) is 4.72. The Morgan fingerprint density at radius 2 is 1.70 bits per heavy atom. The summed E-state index contributed by atoms with van der Waals surface area (Å²) >= 11 is 0. The first-order chi connectivity index (χ1) is 9.61. The SMILES string of the molecule is COC(=O)CN1CCCN(CC2(O)CCCCC2)CC1. The Bertz CT molecular complexity index is 316.